The second-order valence-electron chi connectivity index (χ2n) is 4.83. The molecule has 0 N–H and O–H groups in total. The summed E-state index contributed by atoms with van der Waals surface area (Å²) in [6.07, 6.45) is 0. The molecule has 0 aliphatic rings. The highest BCUT2D eigenvalue weighted by Crippen LogP contribution is 2.20. The Morgan fingerprint density at radius 2 is 1.83 bits per heavy atom. The molecule has 116 valence electrons. The van der Waals surface area contributed by atoms with E-state index in [1.54, 1.807) is 17.8 Å². The van der Waals surface area contributed by atoms with Gasteiger partial charge in [0.25, 0.3) is 0 Å². The highest BCUT2D eigenvalue weighted by molar-refractivity contribution is 7.99. The zero-order valence-corrected chi connectivity index (χ0v) is 13.8. The zero-order chi connectivity index (χ0) is 16.1. The Labute approximate surface area is 143 Å². The molecule has 3 nitrogen and oxygen atoms in total. The van der Waals surface area contributed by atoms with E-state index in [1.807, 2.05) is 54.6 Å². The molecular weight excluding hydrogens is 330 g/mol. The smallest absolute Gasteiger partial charge is 0.356 e. The summed E-state index contributed by atoms with van der Waals surface area (Å²) in [7, 11) is 0. The van der Waals surface area contributed by atoms with E-state index in [2.05, 4.69) is 4.98 Å². The van der Waals surface area contributed by atoms with E-state index in [4.69, 9.17) is 16.3 Å². The molecule has 0 saturated carbocycles. The Bertz CT molecular complexity index is 821. The lowest BCUT2D eigenvalue weighted by atomic mass is 10.2. The summed E-state index contributed by atoms with van der Waals surface area (Å²) < 4.78 is 5.27. The highest BCUT2D eigenvalue weighted by Gasteiger charge is 2.09. The van der Waals surface area contributed by atoms with Gasteiger partial charge in [0.1, 0.15) is 12.3 Å². The van der Waals surface area contributed by atoms with Crippen molar-refractivity contribution in [3.05, 3.63) is 71.4 Å². The molecule has 0 fully saturated rings. The molecule has 0 unspecified atom stereocenters. The number of nitrogens with zero attached hydrogens (tertiary/aromatic N) is 1. The van der Waals surface area contributed by atoms with E-state index in [1.165, 1.54) is 0 Å². The number of esters is 1. The summed E-state index contributed by atoms with van der Waals surface area (Å²) in [5, 5.41) is 1.71. The molecule has 1 heterocycles. The number of aromatic nitrogens is 1. The van der Waals surface area contributed by atoms with Crippen LogP contribution in [0.2, 0.25) is 5.02 Å². The first kappa shape index (κ1) is 15.8. The van der Waals surface area contributed by atoms with Gasteiger partial charge in [-0.3, -0.25) is 0 Å². The monoisotopic (exact) mass is 343 g/mol. The number of fused-ring (bicyclic) bond motifs is 1. The molecule has 3 aromatic rings. The van der Waals surface area contributed by atoms with E-state index in [0.717, 1.165) is 15.8 Å². The number of carbonyl (C=O) groups excluding carboxylic acids is 1. The van der Waals surface area contributed by atoms with Crippen LogP contribution in [0, 0.1) is 0 Å². The van der Waals surface area contributed by atoms with Gasteiger partial charge in [-0.25, -0.2) is 9.78 Å². The number of halogens is 1. The van der Waals surface area contributed by atoms with Crippen molar-refractivity contribution in [2.75, 3.05) is 12.4 Å². The van der Waals surface area contributed by atoms with Crippen LogP contribution in [0.5, 0.6) is 0 Å². The zero-order valence-electron chi connectivity index (χ0n) is 12.2. The molecule has 0 spiro atoms. The maximum absolute atomic E-state index is 12.0. The Morgan fingerprint density at radius 1 is 1.04 bits per heavy atom. The van der Waals surface area contributed by atoms with Gasteiger partial charge in [0, 0.05) is 21.1 Å². The largest absolute Gasteiger partial charge is 0.460 e. The van der Waals surface area contributed by atoms with Crippen LogP contribution in [0.4, 0.5) is 0 Å². The number of para-hydroxylation sites is 1. The van der Waals surface area contributed by atoms with E-state index < -0.39 is 5.97 Å². The maximum Gasteiger partial charge on any atom is 0.356 e. The molecule has 23 heavy (non-hydrogen) atoms. The van der Waals surface area contributed by atoms with Gasteiger partial charge >= 0.3 is 5.97 Å². The average Bonchev–Trinajstić information content (AvgIpc) is 2.59. The number of hydrogen-bond acceptors (Lipinski definition) is 4. The van der Waals surface area contributed by atoms with Gasteiger partial charge < -0.3 is 4.74 Å². The molecular formula is C18H14ClNO2S. The minimum atomic E-state index is -0.396. The van der Waals surface area contributed by atoms with E-state index in [9.17, 15) is 4.79 Å². The summed E-state index contributed by atoms with van der Waals surface area (Å²) in [6, 6.07) is 18.8. The Kier molecular flexibility index (Phi) is 5.16. The summed E-state index contributed by atoms with van der Waals surface area (Å²) in [5.41, 5.74) is 1.12. The van der Waals surface area contributed by atoms with Crippen molar-refractivity contribution < 1.29 is 9.53 Å². The van der Waals surface area contributed by atoms with Crippen molar-refractivity contribution in [2.45, 2.75) is 4.90 Å². The highest BCUT2D eigenvalue weighted by atomic mass is 35.5. The first-order valence-electron chi connectivity index (χ1n) is 7.14. The number of hydrogen-bond donors (Lipinski definition) is 0. The van der Waals surface area contributed by atoms with E-state index >= 15 is 0 Å². The van der Waals surface area contributed by atoms with Gasteiger partial charge in [-0.15, -0.1) is 11.8 Å². The van der Waals surface area contributed by atoms with Crippen LogP contribution in [-0.4, -0.2) is 23.3 Å². The van der Waals surface area contributed by atoms with Gasteiger partial charge in [0.15, 0.2) is 0 Å². The average molecular weight is 344 g/mol. The third kappa shape index (κ3) is 4.24. The van der Waals surface area contributed by atoms with Crippen LogP contribution in [0.15, 0.2) is 65.6 Å². The quantitative estimate of drug-likeness (QED) is 0.377. The molecule has 0 amide bonds. The first-order valence-corrected chi connectivity index (χ1v) is 8.50. The number of rotatable bonds is 5. The molecule has 5 heteroatoms. The number of pyridine rings is 1. The molecule has 1 aromatic heterocycles. The Hall–Kier alpha value is -2.04. The van der Waals surface area contributed by atoms with E-state index in [-0.39, 0.29) is 0 Å². The third-order valence-electron chi connectivity index (χ3n) is 3.21. The van der Waals surface area contributed by atoms with Gasteiger partial charge in [0.05, 0.1) is 5.52 Å². The standard InChI is InChI=1S/C18H14ClNO2S/c19-14-6-8-15(9-7-14)23-12-11-22-18(21)17-10-5-13-3-1-2-4-16(13)20-17/h1-10H,11-12H2. The second-order valence-corrected chi connectivity index (χ2v) is 6.43. The van der Waals surface area contributed by atoms with Crippen LogP contribution in [0.3, 0.4) is 0 Å². The SMILES string of the molecule is O=C(OCCSc1ccc(Cl)cc1)c1ccc2ccccc2n1. The van der Waals surface area contributed by atoms with Crippen molar-refractivity contribution in [1.29, 1.82) is 0 Å². The van der Waals surface area contributed by atoms with Crippen molar-refractivity contribution in [3.63, 3.8) is 0 Å². The van der Waals surface area contributed by atoms with Crippen molar-refractivity contribution in [3.8, 4) is 0 Å². The molecule has 0 saturated heterocycles. The fourth-order valence-corrected chi connectivity index (χ4v) is 2.94. The van der Waals surface area contributed by atoms with Crippen molar-refractivity contribution in [1.82, 2.24) is 4.98 Å². The fourth-order valence-electron chi connectivity index (χ4n) is 2.08. The van der Waals surface area contributed by atoms with Crippen LogP contribution in [0.1, 0.15) is 10.5 Å². The first-order chi connectivity index (χ1) is 11.2. The number of benzene rings is 2. The lowest BCUT2D eigenvalue weighted by molar-refractivity contribution is 0.0524. The number of ether oxygens (including phenoxy) is 1. The third-order valence-corrected chi connectivity index (χ3v) is 4.43. The number of carbonyl (C=O) groups is 1. The lowest BCUT2D eigenvalue weighted by Crippen LogP contribution is -2.09. The van der Waals surface area contributed by atoms with Gasteiger partial charge in [-0.2, -0.15) is 0 Å². The molecule has 0 radical (unpaired) electrons. The van der Waals surface area contributed by atoms with Gasteiger partial charge in [-0.1, -0.05) is 35.9 Å². The topological polar surface area (TPSA) is 39.2 Å². The molecule has 0 aliphatic carbocycles. The molecule has 0 atom stereocenters. The Morgan fingerprint density at radius 3 is 2.65 bits per heavy atom. The van der Waals surface area contributed by atoms with Crippen LogP contribution in [0.25, 0.3) is 10.9 Å². The normalized spacial score (nSPS) is 10.7. The lowest BCUT2D eigenvalue weighted by Gasteiger charge is -2.05. The maximum atomic E-state index is 12.0. The molecule has 2 aromatic carbocycles. The van der Waals surface area contributed by atoms with Crippen molar-refractivity contribution in [2.24, 2.45) is 0 Å². The molecule has 3 rings (SSSR count). The van der Waals surface area contributed by atoms with Crippen molar-refractivity contribution >= 4 is 40.2 Å². The van der Waals surface area contributed by atoms with Crippen LogP contribution < -0.4 is 0 Å². The Balaban J connectivity index is 1.53. The number of thioether (sulfide) groups is 1. The predicted molar refractivity (Wildman–Crippen MR) is 94.2 cm³/mol. The summed E-state index contributed by atoms with van der Waals surface area (Å²) >= 11 is 7.45. The van der Waals surface area contributed by atoms with Crippen LogP contribution in [-0.2, 0) is 4.74 Å². The van der Waals surface area contributed by atoms with Crippen LogP contribution >= 0.6 is 23.4 Å². The van der Waals surface area contributed by atoms with E-state index in [0.29, 0.717) is 23.1 Å². The molecule has 0 aliphatic heterocycles. The molecule has 0 bridgehead atoms. The summed E-state index contributed by atoms with van der Waals surface area (Å²) in [4.78, 5) is 17.5. The second kappa shape index (κ2) is 7.49. The van der Waals surface area contributed by atoms with Gasteiger partial charge in [0.2, 0.25) is 0 Å². The summed E-state index contributed by atoms with van der Waals surface area (Å²) in [5.74, 6) is 0.286. The minimum absolute atomic E-state index is 0.334. The van der Waals surface area contributed by atoms with Gasteiger partial charge in [-0.05, 0) is 36.4 Å². The summed E-state index contributed by atoms with van der Waals surface area (Å²) in [6.45, 7) is 0.334. The minimum Gasteiger partial charge on any atom is -0.460 e. The predicted octanol–water partition coefficient (Wildman–Crippen LogP) is 4.84. The fraction of sp³-hybridized carbons (Fsp3) is 0.111.